The highest BCUT2D eigenvalue weighted by Crippen LogP contribution is 2.31. The highest BCUT2D eigenvalue weighted by Gasteiger charge is 2.28. The van der Waals surface area contributed by atoms with Crippen molar-refractivity contribution in [2.75, 3.05) is 0 Å². The van der Waals surface area contributed by atoms with Crippen molar-refractivity contribution < 1.29 is 0 Å². The van der Waals surface area contributed by atoms with Gasteiger partial charge in [0.1, 0.15) is 0 Å². The van der Waals surface area contributed by atoms with E-state index in [-0.39, 0.29) is 10.9 Å². The smallest absolute Gasteiger partial charge is 0.0991 e. The van der Waals surface area contributed by atoms with Crippen LogP contribution in [0.1, 0.15) is 12.5 Å². The van der Waals surface area contributed by atoms with Crippen LogP contribution in [0.4, 0.5) is 0 Å². The van der Waals surface area contributed by atoms with Crippen LogP contribution in [0.3, 0.4) is 0 Å². The third-order valence-corrected chi connectivity index (χ3v) is 5.48. The summed E-state index contributed by atoms with van der Waals surface area (Å²) < 4.78 is 0. The summed E-state index contributed by atoms with van der Waals surface area (Å²) in [6.45, 7) is 7.99. The van der Waals surface area contributed by atoms with Gasteiger partial charge in [0.05, 0.1) is 10.9 Å². The minimum absolute atomic E-state index is 0.0723. The molecule has 2 aromatic carbocycles. The van der Waals surface area contributed by atoms with Crippen molar-refractivity contribution in [3.8, 4) is 0 Å². The van der Waals surface area contributed by atoms with Gasteiger partial charge in [-0.05, 0) is 50.3 Å². The number of benzene rings is 2. The lowest BCUT2D eigenvalue weighted by atomic mass is 10.2. The number of hydrogen-bond donors (Lipinski definition) is 0. The van der Waals surface area contributed by atoms with E-state index < -0.39 is 0 Å². The molecule has 0 amide bonds. The van der Waals surface area contributed by atoms with E-state index in [0.29, 0.717) is 0 Å². The topological polar surface area (TPSA) is 0 Å². The van der Waals surface area contributed by atoms with Crippen LogP contribution in [0.15, 0.2) is 100 Å². The van der Waals surface area contributed by atoms with Gasteiger partial charge in [-0.25, -0.2) is 0 Å². The predicted molar refractivity (Wildman–Crippen MR) is 94.6 cm³/mol. The fourth-order valence-corrected chi connectivity index (χ4v) is 4.19. The Morgan fingerprint density at radius 1 is 0.952 bits per heavy atom. The fourth-order valence-electron chi connectivity index (χ4n) is 2.08. The van der Waals surface area contributed by atoms with Gasteiger partial charge in [-0.2, -0.15) is 0 Å². The van der Waals surface area contributed by atoms with Crippen molar-refractivity contribution in [3.63, 3.8) is 0 Å². The molecule has 0 aliphatic heterocycles. The highest BCUT2D eigenvalue weighted by molar-refractivity contribution is 8.00. The van der Waals surface area contributed by atoms with Crippen LogP contribution in [-0.4, -0.2) is 0 Å². The standard InChI is InChI=1S/C20H21S/c1-4-6-10-18(5-2)21(19-11-8-7-9-12-19)20-15-13-17(3)14-16-20/h4-16H,1H2,2-3H3/q+1/b10-6-,18-5+. The third-order valence-electron chi connectivity index (χ3n) is 3.15. The monoisotopic (exact) mass is 293 g/mol. The van der Waals surface area contributed by atoms with Crippen molar-refractivity contribution in [2.24, 2.45) is 0 Å². The highest BCUT2D eigenvalue weighted by atomic mass is 32.2. The molecule has 2 rings (SSSR count). The van der Waals surface area contributed by atoms with Crippen molar-refractivity contribution in [1.82, 2.24) is 0 Å². The lowest BCUT2D eigenvalue weighted by molar-refractivity contribution is 1.34. The maximum absolute atomic E-state index is 3.77. The zero-order valence-electron chi connectivity index (χ0n) is 12.6. The molecule has 0 aliphatic rings. The normalized spacial score (nSPS) is 13.3. The molecule has 0 bridgehead atoms. The molecule has 0 radical (unpaired) electrons. The first-order chi connectivity index (χ1) is 10.3. The molecular weight excluding hydrogens is 272 g/mol. The summed E-state index contributed by atoms with van der Waals surface area (Å²) in [5.41, 5.74) is 1.29. The fraction of sp³-hybridized carbons (Fsp3) is 0.100. The van der Waals surface area contributed by atoms with Crippen LogP contribution in [-0.2, 0) is 10.9 Å². The van der Waals surface area contributed by atoms with Gasteiger partial charge in [0.2, 0.25) is 0 Å². The van der Waals surface area contributed by atoms with E-state index in [2.05, 4.69) is 87.2 Å². The van der Waals surface area contributed by atoms with Crippen molar-refractivity contribution in [3.05, 3.63) is 95.9 Å². The summed E-state index contributed by atoms with van der Waals surface area (Å²) in [5.74, 6) is 0. The molecule has 0 N–H and O–H groups in total. The van der Waals surface area contributed by atoms with Gasteiger partial charge >= 0.3 is 0 Å². The van der Waals surface area contributed by atoms with Gasteiger partial charge in [0.15, 0.2) is 14.7 Å². The Kier molecular flexibility index (Phi) is 5.65. The number of aryl methyl sites for hydroxylation is 1. The average Bonchev–Trinajstić information content (AvgIpc) is 2.53. The van der Waals surface area contributed by atoms with Crippen molar-refractivity contribution in [1.29, 1.82) is 0 Å². The van der Waals surface area contributed by atoms with Crippen LogP contribution in [0.5, 0.6) is 0 Å². The van der Waals surface area contributed by atoms with E-state index >= 15 is 0 Å². The summed E-state index contributed by atoms with van der Waals surface area (Å²) >= 11 is 0. The molecule has 106 valence electrons. The molecular formula is C20H21S+. The lowest BCUT2D eigenvalue weighted by Crippen LogP contribution is -2.05. The third kappa shape index (κ3) is 3.99. The van der Waals surface area contributed by atoms with Crippen LogP contribution in [0.2, 0.25) is 0 Å². The van der Waals surface area contributed by atoms with E-state index in [1.807, 2.05) is 12.2 Å². The van der Waals surface area contributed by atoms with Crippen LogP contribution in [0.25, 0.3) is 0 Å². The summed E-state index contributed by atoms with van der Waals surface area (Å²) in [5, 5.41) is 0. The molecule has 21 heavy (non-hydrogen) atoms. The van der Waals surface area contributed by atoms with Gasteiger partial charge in [0, 0.05) is 0 Å². The number of rotatable bonds is 5. The van der Waals surface area contributed by atoms with E-state index in [9.17, 15) is 0 Å². The second-order valence-electron chi connectivity index (χ2n) is 4.72. The Hall–Kier alpha value is -1.99. The lowest BCUT2D eigenvalue weighted by Gasteiger charge is -2.08. The van der Waals surface area contributed by atoms with Crippen LogP contribution < -0.4 is 0 Å². The predicted octanol–water partition coefficient (Wildman–Crippen LogP) is 5.68. The van der Waals surface area contributed by atoms with E-state index in [0.717, 1.165) is 0 Å². The Labute approximate surface area is 130 Å². The molecule has 0 saturated heterocycles. The molecule has 1 unspecified atom stereocenters. The van der Waals surface area contributed by atoms with E-state index in [1.54, 1.807) is 0 Å². The summed E-state index contributed by atoms with van der Waals surface area (Å²) in [7, 11) is -0.0723. The molecule has 0 heterocycles. The molecule has 0 saturated carbocycles. The van der Waals surface area contributed by atoms with Crippen LogP contribution in [0, 0.1) is 6.92 Å². The first kappa shape index (κ1) is 15.4. The molecule has 0 spiro atoms. The van der Waals surface area contributed by atoms with Gasteiger partial charge < -0.3 is 0 Å². The molecule has 1 heteroatoms. The summed E-state index contributed by atoms with van der Waals surface area (Å²) in [4.78, 5) is 3.99. The zero-order chi connectivity index (χ0) is 15.1. The zero-order valence-corrected chi connectivity index (χ0v) is 13.4. The van der Waals surface area contributed by atoms with Gasteiger partial charge in [-0.15, -0.1) is 0 Å². The first-order valence-electron chi connectivity index (χ1n) is 7.07. The number of allylic oxidation sites excluding steroid dienone is 4. The first-order valence-corrected chi connectivity index (χ1v) is 8.30. The SMILES string of the molecule is C=C/C=C\C(=C/C)[S+](c1ccccc1)c1ccc(C)cc1. The molecule has 0 aliphatic carbocycles. The molecule has 0 aromatic heterocycles. The molecule has 1 atom stereocenters. The van der Waals surface area contributed by atoms with Gasteiger partial charge in [-0.3, -0.25) is 0 Å². The van der Waals surface area contributed by atoms with Gasteiger partial charge in [-0.1, -0.05) is 54.6 Å². The average molecular weight is 293 g/mol. The Bertz CT molecular complexity index is 633. The van der Waals surface area contributed by atoms with Crippen molar-refractivity contribution >= 4 is 10.9 Å². The minimum atomic E-state index is -0.0723. The molecule has 0 nitrogen and oxygen atoms in total. The number of hydrogen-bond acceptors (Lipinski definition) is 0. The van der Waals surface area contributed by atoms with E-state index in [4.69, 9.17) is 0 Å². The minimum Gasteiger partial charge on any atom is -0.0991 e. The maximum Gasteiger partial charge on any atom is 0.166 e. The maximum atomic E-state index is 3.77. The summed E-state index contributed by atoms with van der Waals surface area (Å²) in [6, 6.07) is 19.5. The Morgan fingerprint density at radius 2 is 1.57 bits per heavy atom. The quantitative estimate of drug-likeness (QED) is 0.491. The van der Waals surface area contributed by atoms with Crippen LogP contribution >= 0.6 is 0 Å². The van der Waals surface area contributed by atoms with Gasteiger partial charge in [0.25, 0.3) is 0 Å². The Morgan fingerprint density at radius 3 is 2.14 bits per heavy atom. The second kappa shape index (κ2) is 7.70. The largest absolute Gasteiger partial charge is 0.166 e. The summed E-state index contributed by atoms with van der Waals surface area (Å²) in [6.07, 6.45) is 8.18. The van der Waals surface area contributed by atoms with E-state index in [1.165, 1.54) is 20.3 Å². The molecule has 2 aromatic rings. The molecule has 0 fully saturated rings. The Balaban J connectivity index is 2.51. The second-order valence-corrected chi connectivity index (χ2v) is 6.74. The van der Waals surface area contributed by atoms with Crippen molar-refractivity contribution in [2.45, 2.75) is 23.6 Å².